The molecule has 2 unspecified atom stereocenters. The Labute approximate surface area is 211 Å². The van der Waals surface area contributed by atoms with Crippen LogP contribution < -0.4 is 4.72 Å². The molecular weight excluding hydrogens is 522 g/mol. The molecule has 12 heteroatoms. The summed E-state index contributed by atoms with van der Waals surface area (Å²) in [7, 11) is -3.28. The molecule has 1 aliphatic heterocycles. The number of nitrogens with zero attached hydrogens (tertiary/aromatic N) is 1. The van der Waals surface area contributed by atoms with E-state index in [1.807, 2.05) is 12.1 Å². The van der Waals surface area contributed by atoms with Gasteiger partial charge in [0.25, 0.3) is 5.60 Å². The quantitative estimate of drug-likeness (QED) is 0.511. The maximum Gasteiger partial charge on any atom is 0.430 e. The summed E-state index contributed by atoms with van der Waals surface area (Å²) in [6.45, 7) is 3.96. The van der Waals surface area contributed by atoms with Crippen LogP contribution in [0.2, 0.25) is 0 Å². The van der Waals surface area contributed by atoms with Crippen molar-refractivity contribution in [3.8, 4) is 11.1 Å². The summed E-state index contributed by atoms with van der Waals surface area (Å²) in [6.07, 6.45) is -8.78. The predicted octanol–water partition coefficient (Wildman–Crippen LogP) is 4.73. The summed E-state index contributed by atoms with van der Waals surface area (Å²) in [4.78, 5) is 2.28. The number of nitrogens with one attached hydrogen (secondary N) is 1. The second-order valence-electron chi connectivity index (χ2n) is 10.1. The molecule has 2 aliphatic rings. The molecule has 2 aromatic rings. The van der Waals surface area contributed by atoms with E-state index < -0.39 is 33.5 Å². The lowest BCUT2D eigenvalue weighted by atomic mass is 9.89. The van der Waals surface area contributed by atoms with Crippen molar-refractivity contribution in [1.82, 2.24) is 9.62 Å². The van der Waals surface area contributed by atoms with Crippen LogP contribution in [0.25, 0.3) is 11.1 Å². The topological polar surface area (TPSA) is 69.6 Å². The van der Waals surface area contributed by atoms with Crippen molar-refractivity contribution in [1.29, 1.82) is 0 Å². The zero-order valence-electron chi connectivity index (χ0n) is 20.2. The third kappa shape index (κ3) is 5.52. The van der Waals surface area contributed by atoms with Gasteiger partial charge < -0.3 is 5.11 Å². The molecule has 1 heterocycles. The number of hydrogen-bond acceptors (Lipinski definition) is 4. The van der Waals surface area contributed by atoms with Gasteiger partial charge in [0, 0.05) is 31.2 Å². The van der Waals surface area contributed by atoms with Crippen LogP contribution in [0, 0.1) is 18.8 Å². The molecule has 4 rings (SSSR count). The van der Waals surface area contributed by atoms with Gasteiger partial charge in [0.1, 0.15) is 0 Å². The van der Waals surface area contributed by atoms with E-state index >= 15 is 0 Å². The number of piperidine rings is 1. The van der Waals surface area contributed by atoms with Crippen molar-refractivity contribution in [2.75, 3.05) is 19.3 Å². The van der Waals surface area contributed by atoms with Gasteiger partial charge in [0.05, 0.1) is 6.26 Å². The Bertz CT molecular complexity index is 1220. The van der Waals surface area contributed by atoms with E-state index in [1.54, 1.807) is 13.0 Å². The van der Waals surface area contributed by atoms with Crippen LogP contribution in [0.1, 0.15) is 29.5 Å². The molecule has 2 aromatic carbocycles. The fourth-order valence-corrected chi connectivity index (χ4v) is 6.55. The smallest absolute Gasteiger partial charge is 0.369 e. The first-order valence-corrected chi connectivity index (χ1v) is 13.6. The van der Waals surface area contributed by atoms with Crippen LogP contribution in [0.3, 0.4) is 0 Å². The highest BCUT2D eigenvalue weighted by atomic mass is 32.2. The first kappa shape index (κ1) is 27.9. The Morgan fingerprint density at radius 3 is 1.95 bits per heavy atom. The van der Waals surface area contributed by atoms with Gasteiger partial charge in [0.2, 0.25) is 10.0 Å². The number of hydrogen-bond donors (Lipinski definition) is 2. The minimum atomic E-state index is -5.93. The fourth-order valence-electron chi connectivity index (χ4n) is 5.67. The molecule has 2 N–H and O–H groups in total. The molecule has 37 heavy (non-hydrogen) atoms. The van der Waals surface area contributed by atoms with E-state index in [1.165, 1.54) is 6.26 Å². The van der Waals surface area contributed by atoms with Crippen LogP contribution >= 0.6 is 0 Å². The van der Waals surface area contributed by atoms with E-state index in [4.69, 9.17) is 0 Å². The molecule has 1 saturated heterocycles. The second-order valence-corrected chi connectivity index (χ2v) is 11.9. The highest BCUT2D eigenvalue weighted by Gasteiger charge is 2.71. The zero-order valence-corrected chi connectivity index (χ0v) is 21.0. The number of aliphatic hydroxyl groups is 1. The van der Waals surface area contributed by atoms with Gasteiger partial charge >= 0.3 is 12.4 Å². The number of halogens is 6. The van der Waals surface area contributed by atoms with Gasteiger partial charge in [0.15, 0.2) is 0 Å². The van der Waals surface area contributed by atoms with Crippen molar-refractivity contribution in [2.45, 2.75) is 50.3 Å². The Morgan fingerprint density at radius 1 is 0.946 bits per heavy atom. The number of fused-ring (bicyclic) bond motifs is 2. The predicted molar refractivity (Wildman–Crippen MR) is 126 cm³/mol. The highest BCUT2D eigenvalue weighted by molar-refractivity contribution is 7.88. The molecule has 0 spiro atoms. The van der Waals surface area contributed by atoms with Crippen molar-refractivity contribution in [3.05, 3.63) is 59.2 Å². The van der Waals surface area contributed by atoms with Crippen molar-refractivity contribution in [2.24, 2.45) is 11.8 Å². The van der Waals surface area contributed by atoms with Crippen molar-refractivity contribution >= 4 is 10.0 Å². The van der Waals surface area contributed by atoms with Gasteiger partial charge in [-0.05, 0) is 53.9 Å². The van der Waals surface area contributed by atoms with Crippen LogP contribution in [-0.4, -0.2) is 56.2 Å². The summed E-state index contributed by atoms with van der Waals surface area (Å²) < 4.78 is 105. The molecule has 5 nitrogen and oxygen atoms in total. The van der Waals surface area contributed by atoms with Crippen LogP contribution in [-0.2, 0) is 22.2 Å². The molecule has 2 bridgehead atoms. The molecule has 1 aliphatic carbocycles. The van der Waals surface area contributed by atoms with Crippen molar-refractivity contribution in [3.63, 3.8) is 0 Å². The molecule has 0 radical (unpaired) electrons. The Kier molecular flexibility index (Phi) is 7.19. The summed E-state index contributed by atoms with van der Waals surface area (Å²) in [5, 5.41) is 9.59. The van der Waals surface area contributed by atoms with Crippen LogP contribution in [0.4, 0.5) is 26.3 Å². The largest absolute Gasteiger partial charge is 0.430 e. The van der Waals surface area contributed by atoms with Crippen molar-refractivity contribution < 1.29 is 39.9 Å². The van der Waals surface area contributed by atoms with E-state index in [9.17, 15) is 39.9 Å². The summed E-state index contributed by atoms with van der Waals surface area (Å²) >= 11 is 0. The molecule has 0 aromatic heterocycles. The lowest BCUT2D eigenvalue weighted by Crippen LogP contribution is -2.53. The van der Waals surface area contributed by atoms with E-state index in [0.717, 1.165) is 49.2 Å². The number of aryl methyl sites for hydroxylation is 1. The number of alkyl halides is 6. The Morgan fingerprint density at radius 2 is 1.49 bits per heavy atom. The van der Waals surface area contributed by atoms with Crippen LogP contribution in [0.5, 0.6) is 0 Å². The van der Waals surface area contributed by atoms with Crippen LogP contribution in [0.15, 0.2) is 42.5 Å². The maximum absolute atomic E-state index is 13.2. The summed E-state index contributed by atoms with van der Waals surface area (Å²) in [5.74, 6) is 0.471. The first-order chi connectivity index (χ1) is 17.0. The zero-order chi connectivity index (χ0) is 27.4. The van der Waals surface area contributed by atoms with E-state index in [-0.39, 0.29) is 17.9 Å². The minimum absolute atomic E-state index is 0.0503. The second kappa shape index (κ2) is 9.55. The monoisotopic (exact) mass is 550 g/mol. The van der Waals surface area contributed by atoms with Gasteiger partial charge in [-0.3, -0.25) is 4.90 Å². The molecule has 2 fully saturated rings. The van der Waals surface area contributed by atoms with Gasteiger partial charge in [-0.2, -0.15) is 26.3 Å². The third-order valence-corrected chi connectivity index (χ3v) is 8.09. The van der Waals surface area contributed by atoms with E-state index in [2.05, 4.69) is 9.62 Å². The lowest BCUT2D eigenvalue weighted by molar-refractivity contribution is -0.376. The maximum atomic E-state index is 13.2. The number of likely N-dealkylation sites (tertiary alicyclic amines) is 1. The normalized spacial score (nSPS) is 23.4. The lowest BCUT2D eigenvalue weighted by Gasteiger charge is -2.38. The Balaban J connectivity index is 1.48. The number of rotatable bonds is 6. The first-order valence-electron chi connectivity index (χ1n) is 11.8. The average Bonchev–Trinajstić information content (AvgIpc) is 2.98. The minimum Gasteiger partial charge on any atom is -0.369 e. The molecule has 204 valence electrons. The standard InChI is InChI=1S/C25H28F6N2O3S/c1-15-11-16(12-33-13-18-4-5-19(14-33)22(18)32-37(2,35)36)3-10-21(15)17-6-8-20(9-7-17)23(34,24(26,27)28)25(29,30)31/h3,6-11,18-19,22,32,34H,4-5,12-14H2,1-2H3. The highest BCUT2D eigenvalue weighted by Crippen LogP contribution is 2.50. The molecular formula is C25H28F6N2O3S. The SMILES string of the molecule is Cc1cc(CN2CC3CCC(C2)C3NS(C)(=O)=O)ccc1-c1ccc(C(O)(C(F)(F)F)C(F)(F)F)cc1. The molecule has 1 saturated carbocycles. The number of benzene rings is 2. The number of sulfonamides is 1. The van der Waals surface area contributed by atoms with Gasteiger partial charge in [-0.25, -0.2) is 13.1 Å². The fraction of sp³-hybridized carbons (Fsp3) is 0.520. The third-order valence-electron chi connectivity index (χ3n) is 7.39. The Hall–Kier alpha value is -2.15. The van der Waals surface area contributed by atoms with Gasteiger partial charge in [-0.1, -0.05) is 42.5 Å². The van der Waals surface area contributed by atoms with Gasteiger partial charge in [-0.15, -0.1) is 0 Å². The summed E-state index contributed by atoms with van der Waals surface area (Å²) in [5.41, 5.74) is -3.40. The van der Waals surface area contributed by atoms with E-state index in [0.29, 0.717) is 29.8 Å². The molecule has 2 atom stereocenters. The summed E-state index contributed by atoms with van der Waals surface area (Å²) in [6, 6.07) is 9.07. The molecule has 0 amide bonds. The average molecular weight is 551 g/mol.